The number of amides is 1. The van der Waals surface area contributed by atoms with Crippen molar-refractivity contribution >= 4 is 20.8 Å². The summed E-state index contributed by atoms with van der Waals surface area (Å²) in [5, 5.41) is 3.17. The van der Waals surface area contributed by atoms with Crippen LogP contribution in [0.15, 0.2) is 36.5 Å². The minimum Gasteiger partial charge on any atom is -0.322 e. The quantitative estimate of drug-likeness (QED) is 0.742. The van der Waals surface area contributed by atoms with Crippen LogP contribution in [0.2, 0.25) is 0 Å². The van der Waals surface area contributed by atoms with Crippen molar-refractivity contribution in [3.63, 3.8) is 0 Å². The van der Waals surface area contributed by atoms with Gasteiger partial charge >= 0.3 is 0 Å². The standard InChI is InChI=1S/C21H27N2OP/c1-5-14-12-21(3,4)16-9-6-10-17(18(14)16)23-20(24)15-8-7-11-22-19(15)13(2)25/h6-11,13-14H,5,12,25H2,1-4H3,(H,23,24)/t13?,14-/m0/s1. The zero-order valence-electron chi connectivity index (χ0n) is 15.5. The maximum atomic E-state index is 12.9. The summed E-state index contributed by atoms with van der Waals surface area (Å²) in [5.41, 5.74) is 5.37. The van der Waals surface area contributed by atoms with E-state index < -0.39 is 0 Å². The molecular formula is C21H27N2OP. The van der Waals surface area contributed by atoms with E-state index in [1.165, 1.54) is 11.1 Å². The third-order valence-electron chi connectivity index (χ3n) is 5.26. The maximum Gasteiger partial charge on any atom is 0.257 e. The first-order valence-electron chi connectivity index (χ1n) is 9.00. The molecule has 0 aliphatic heterocycles. The molecule has 1 N–H and O–H groups in total. The second kappa shape index (κ2) is 6.88. The lowest BCUT2D eigenvalue weighted by molar-refractivity contribution is 0.102. The summed E-state index contributed by atoms with van der Waals surface area (Å²) in [6.45, 7) is 8.84. The smallest absolute Gasteiger partial charge is 0.257 e. The van der Waals surface area contributed by atoms with Crippen molar-refractivity contribution in [2.45, 2.75) is 57.5 Å². The molecule has 0 saturated carbocycles. The molecule has 2 unspecified atom stereocenters. The number of aromatic nitrogens is 1. The fourth-order valence-electron chi connectivity index (χ4n) is 4.04. The predicted molar refractivity (Wildman–Crippen MR) is 107 cm³/mol. The SMILES string of the molecule is CC[C@H]1CC(C)(C)c2cccc(NC(=O)c3cccnc3C(C)P)c21. The van der Waals surface area contributed by atoms with Gasteiger partial charge < -0.3 is 5.32 Å². The van der Waals surface area contributed by atoms with Crippen molar-refractivity contribution in [2.75, 3.05) is 5.32 Å². The Morgan fingerprint density at radius 2 is 2.12 bits per heavy atom. The Labute approximate surface area is 152 Å². The molecule has 1 aromatic heterocycles. The van der Waals surface area contributed by atoms with Crippen LogP contribution in [0.25, 0.3) is 0 Å². The van der Waals surface area contributed by atoms with Crippen LogP contribution >= 0.6 is 9.24 Å². The normalized spacial score (nSPS) is 19.3. The number of hydrogen-bond donors (Lipinski definition) is 1. The first kappa shape index (κ1) is 18.1. The number of rotatable bonds is 4. The molecule has 0 spiro atoms. The van der Waals surface area contributed by atoms with Gasteiger partial charge in [-0.2, -0.15) is 0 Å². The molecule has 0 radical (unpaired) electrons. The van der Waals surface area contributed by atoms with E-state index in [0.29, 0.717) is 11.5 Å². The van der Waals surface area contributed by atoms with Gasteiger partial charge in [-0.25, -0.2) is 0 Å². The van der Waals surface area contributed by atoms with E-state index >= 15 is 0 Å². The molecule has 4 heteroatoms. The van der Waals surface area contributed by atoms with Gasteiger partial charge in [0.05, 0.1) is 11.3 Å². The molecule has 1 heterocycles. The van der Waals surface area contributed by atoms with Crippen molar-refractivity contribution in [3.05, 3.63) is 58.9 Å². The summed E-state index contributed by atoms with van der Waals surface area (Å²) in [7, 11) is 2.72. The summed E-state index contributed by atoms with van der Waals surface area (Å²) in [6.07, 6.45) is 3.96. The summed E-state index contributed by atoms with van der Waals surface area (Å²) >= 11 is 0. The summed E-state index contributed by atoms with van der Waals surface area (Å²) in [5.74, 6) is 0.417. The van der Waals surface area contributed by atoms with Crippen LogP contribution in [0.1, 0.15) is 79.3 Å². The molecule has 2 aromatic rings. The molecule has 0 fully saturated rings. The van der Waals surface area contributed by atoms with Crippen LogP contribution in [0.4, 0.5) is 5.69 Å². The van der Waals surface area contributed by atoms with Crippen molar-refractivity contribution in [3.8, 4) is 0 Å². The van der Waals surface area contributed by atoms with E-state index in [-0.39, 0.29) is 17.0 Å². The van der Waals surface area contributed by atoms with Gasteiger partial charge in [0.25, 0.3) is 5.91 Å². The van der Waals surface area contributed by atoms with Crippen LogP contribution in [-0.2, 0) is 5.41 Å². The highest BCUT2D eigenvalue weighted by molar-refractivity contribution is 7.17. The van der Waals surface area contributed by atoms with Gasteiger partial charge in [-0.1, -0.05) is 39.8 Å². The lowest BCUT2D eigenvalue weighted by Crippen LogP contribution is -2.17. The molecule has 132 valence electrons. The Hall–Kier alpha value is -1.73. The number of hydrogen-bond acceptors (Lipinski definition) is 2. The second-order valence-electron chi connectivity index (χ2n) is 7.64. The molecule has 0 bridgehead atoms. The molecular weight excluding hydrogens is 327 g/mol. The number of pyridine rings is 1. The first-order valence-corrected chi connectivity index (χ1v) is 9.67. The molecule has 1 aliphatic rings. The molecule has 1 amide bonds. The molecule has 1 aliphatic carbocycles. The van der Waals surface area contributed by atoms with Gasteiger partial charge in [0.15, 0.2) is 0 Å². The monoisotopic (exact) mass is 354 g/mol. The number of benzene rings is 1. The van der Waals surface area contributed by atoms with Gasteiger partial charge in [-0.15, -0.1) is 9.24 Å². The minimum absolute atomic E-state index is 0.0784. The Morgan fingerprint density at radius 3 is 2.80 bits per heavy atom. The highest BCUT2D eigenvalue weighted by Gasteiger charge is 2.37. The lowest BCUT2D eigenvalue weighted by Gasteiger charge is -2.19. The second-order valence-corrected chi connectivity index (χ2v) is 8.64. The van der Waals surface area contributed by atoms with E-state index in [0.717, 1.165) is 24.2 Å². The van der Waals surface area contributed by atoms with E-state index in [1.807, 2.05) is 25.1 Å². The Morgan fingerprint density at radius 1 is 1.36 bits per heavy atom. The van der Waals surface area contributed by atoms with Crippen molar-refractivity contribution < 1.29 is 4.79 Å². The Bertz CT molecular complexity index is 798. The Balaban J connectivity index is 1.98. The molecule has 3 nitrogen and oxygen atoms in total. The lowest BCUT2D eigenvalue weighted by atomic mass is 9.86. The van der Waals surface area contributed by atoms with Gasteiger partial charge in [-0.05, 0) is 53.5 Å². The Kier molecular flexibility index (Phi) is 4.97. The summed E-state index contributed by atoms with van der Waals surface area (Å²) in [4.78, 5) is 17.3. The van der Waals surface area contributed by atoms with Gasteiger partial charge in [0, 0.05) is 17.5 Å². The van der Waals surface area contributed by atoms with Crippen LogP contribution in [0.5, 0.6) is 0 Å². The van der Waals surface area contributed by atoms with Gasteiger partial charge in [0.1, 0.15) is 0 Å². The van der Waals surface area contributed by atoms with E-state index in [2.05, 4.69) is 52.4 Å². The van der Waals surface area contributed by atoms with Crippen molar-refractivity contribution in [1.29, 1.82) is 0 Å². The third kappa shape index (κ3) is 3.35. The minimum atomic E-state index is -0.0784. The molecule has 25 heavy (non-hydrogen) atoms. The zero-order chi connectivity index (χ0) is 18.2. The fraction of sp³-hybridized carbons (Fsp3) is 0.429. The highest BCUT2D eigenvalue weighted by atomic mass is 31.0. The number of nitrogens with zero attached hydrogens (tertiary/aromatic N) is 1. The molecule has 3 atom stereocenters. The van der Waals surface area contributed by atoms with Crippen LogP contribution < -0.4 is 5.32 Å². The van der Waals surface area contributed by atoms with Crippen LogP contribution in [-0.4, -0.2) is 10.9 Å². The van der Waals surface area contributed by atoms with E-state index in [9.17, 15) is 4.79 Å². The topological polar surface area (TPSA) is 42.0 Å². The van der Waals surface area contributed by atoms with Crippen molar-refractivity contribution in [1.82, 2.24) is 4.98 Å². The number of anilines is 1. The summed E-state index contributed by atoms with van der Waals surface area (Å²) in [6, 6.07) is 9.96. The first-order chi connectivity index (χ1) is 11.8. The zero-order valence-corrected chi connectivity index (χ0v) is 16.6. The number of fused-ring (bicyclic) bond motifs is 1. The number of nitrogens with one attached hydrogen (secondary N) is 1. The average molecular weight is 354 g/mol. The van der Waals surface area contributed by atoms with E-state index in [4.69, 9.17) is 0 Å². The summed E-state index contributed by atoms with van der Waals surface area (Å²) < 4.78 is 0. The van der Waals surface area contributed by atoms with Gasteiger partial charge in [0.2, 0.25) is 0 Å². The molecule has 1 aromatic carbocycles. The van der Waals surface area contributed by atoms with Crippen LogP contribution in [0.3, 0.4) is 0 Å². The largest absolute Gasteiger partial charge is 0.322 e. The fourth-order valence-corrected chi connectivity index (χ4v) is 4.31. The maximum absolute atomic E-state index is 12.9. The number of carbonyl (C=O) groups is 1. The van der Waals surface area contributed by atoms with E-state index in [1.54, 1.807) is 6.20 Å². The molecule has 0 saturated heterocycles. The van der Waals surface area contributed by atoms with Gasteiger partial charge in [-0.3, -0.25) is 9.78 Å². The average Bonchev–Trinajstić information content (AvgIpc) is 2.86. The molecule has 3 rings (SSSR count). The third-order valence-corrected chi connectivity index (χ3v) is 5.57. The predicted octanol–water partition coefficient (Wildman–Crippen LogP) is 5.44. The van der Waals surface area contributed by atoms with Crippen molar-refractivity contribution in [2.24, 2.45) is 0 Å². The highest BCUT2D eigenvalue weighted by Crippen LogP contribution is 2.50. The van der Waals surface area contributed by atoms with Crippen LogP contribution in [0, 0.1) is 0 Å². The number of carbonyl (C=O) groups excluding carboxylic acids is 1.